The minimum atomic E-state index is -1.43. The molecule has 2 aromatic rings. The van der Waals surface area contributed by atoms with E-state index in [-0.39, 0.29) is 34.1 Å². The molecular formula is C24H27F2N3O5. The molecule has 1 aliphatic heterocycles. The second-order valence-corrected chi connectivity index (χ2v) is 10.7. The summed E-state index contributed by atoms with van der Waals surface area (Å²) in [6.45, 7) is 6.08. The zero-order chi connectivity index (χ0) is 24.6. The molecule has 10 heteroatoms. The van der Waals surface area contributed by atoms with Crippen LogP contribution in [0.15, 0.2) is 17.1 Å². The molecule has 2 heterocycles. The van der Waals surface area contributed by atoms with Crippen LogP contribution in [-0.2, 0) is 4.74 Å². The molecule has 2 unspecified atom stereocenters. The Hall–Kier alpha value is -3.17. The van der Waals surface area contributed by atoms with Crippen molar-refractivity contribution < 1.29 is 28.2 Å². The van der Waals surface area contributed by atoms with E-state index in [0.29, 0.717) is 25.9 Å². The molecule has 0 bridgehead atoms. The van der Waals surface area contributed by atoms with E-state index in [1.165, 1.54) is 10.8 Å². The Bertz CT molecular complexity index is 1280. The highest BCUT2D eigenvalue weighted by molar-refractivity contribution is 5.94. The highest BCUT2D eigenvalue weighted by atomic mass is 19.1. The van der Waals surface area contributed by atoms with Gasteiger partial charge in [-0.2, -0.15) is 0 Å². The largest absolute Gasteiger partial charge is 0.477 e. The lowest BCUT2D eigenvalue weighted by atomic mass is 10.1. The molecule has 2 N–H and O–H groups in total. The molecule has 8 nitrogen and oxygen atoms in total. The van der Waals surface area contributed by atoms with Gasteiger partial charge in [-0.3, -0.25) is 4.79 Å². The van der Waals surface area contributed by atoms with Gasteiger partial charge in [-0.25, -0.2) is 18.4 Å². The van der Waals surface area contributed by atoms with E-state index in [1.807, 2.05) is 0 Å². The number of pyridine rings is 1. The van der Waals surface area contributed by atoms with Crippen LogP contribution in [0.4, 0.5) is 19.3 Å². The second-order valence-electron chi connectivity index (χ2n) is 10.7. The number of hydrogen-bond donors (Lipinski definition) is 2. The van der Waals surface area contributed by atoms with Crippen LogP contribution < -0.4 is 15.6 Å². The first-order chi connectivity index (χ1) is 15.9. The Morgan fingerprint density at radius 1 is 1.26 bits per heavy atom. The maximum atomic E-state index is 15.8. The Kier molecular flexibility index (Phi) is 4.93. The van der Waals surface area contributed by atoms with Crippen molar-refractivity contribution in [3.63, 3.8) is 0 Å². The van der Waals surface area contributed by atoms with Crippen LogP contribution in [0.1, 0.15) is 62.9 Å². The van der Waals surface area contributed by atoms with Gasteiger partial charge in [-0.1, -0.05) is 0 Å². The molecule has 0 radical (unpaired) electrons. The maximum Gasteiger partial charge on any atom is 0.407 e. The van der Waals surface area contributed by atoms with Crippen LogP contribution >= 0.6 is 0 Å². The summed E-state index contributed by atoms with van der Waals surface area (Å²) in [5.74, 6) is -3.18. The third kappa shape index (κ3) is 3.78. The summed E-state index contributed by atoms with van der Waals surface area (Å²) in [5, 5.41) is 12.0. The number of anilines is 1. The quantitative estimate of drug-likeness (QED) is 0.698. The number of fused-ring (bicyclic) bond motifs is 1. The van der Waals surface area contributed by atoms with Gasteiger partial charge in [0.05, 0.1) is 10.9 Å². The van der Waals surface area contributed by atoms with Crippen LogP contribution in [0.25, 0.3) is 10.9 Å². The van der Waals surface area contributed by atoms with Crippen molar-refractivity contribution in [3.05, 3.63) is 39.7 Å². The normalized spacial score (nSPS) is 24.0. The molecule has 2 saturated carbocycles. The molecule has 3 aliphatic rings. The first-order valence-corrected chi connectivity index (χ1v) is 11.4. The second kappa shape index (κ2) is 7.41. The van der Waals surface area contributed by atoms with E-state index in [0.717, 1.165) is 18.9 Å². The van der Waals surface area contributed by atoms with Crippen molar-refractivity contribution in [1.82, 2.24) is 9.88 Å². The average molecular weight is 475 g/mol. The van der Waals surface area contributed by atoms with Crippen molar-refractivity contribution in [2.75, 3.05) is 18.0 Å². The number of carbonyl (C=O) groups excluding carboxylic acids is 1. The van der Waals surface area contributed by atoms with Crippen LogP contribution in [0, 0.1) is 17.0 Å². The molecular weight excluding hydrogens is 448 g/mol. The third-order valence-electron chi connectivity index (χ3n) is 6.94. The molecule has 34 heavy (non-hydrogen) atoms. The lowest BCUT2D eigenvalue weighted by molar-refractivity contribution is 0.0516. The molecule has 5 rings (SSSR count). The van der Waals surface area contributed by atoms with Gasteiger partial charge in [0.1, 0.15) is 22.7 Å². The SMILES string of the molecule is CC(C)(C)OC(=O)NC1CC12CCN(c1c(F)cc3c(=O)c(C(=O)O)cn(C4CC4)c3c1F)C2. The highest BCUT2D eigenvalue weighted by Crippen LogP contribution is 2.54. The number of hydrogen-bond acceptors (Lipinski definition) is 5. The van der Waals surface area contributed by atoms with Crippen LogP contribution in [-0.4, -0.2) is 46.5 Å². The van der Waals surface area contributed by atoms with Crippen molar-refractivity contribution in [2.24, 2.45) is 5.41 Å². The number of amides is 1. The fourth-order valence-electron chi connectivity index (χ4n) is 5.05. The number of halogens is 2. The molecule has 1 amide bonds. The van der Waals surface area contributed by atoms with Gasteiger partial charge >= 0.3 is 12.1 Å². The van der Waals surface area contributed by atoms with Gasteiger partial charge in [0.15, 0.2) is 5.82 Å². The zero-order valence-electron chi connectivity index (χ0n) is 19.3. The Balaban J connectivity index is 1.46. The fraction of sp³-hybridized carbons (Fsp3) is 0.542. The maximum absolute atomic E-state index is 15.8. The summed E-state index contributed by atoms with van der Waals surface area (Å²) < 4.78 is 37.8. The number of alkyl carbamates (subject to hydrolysis) is 1. The topological polar surface area (TPSA) is 101 Å². The number of carboxylic acids is 1. The Labute approximate surface area is 194 Å². The summed E-state index contributed by atoms with van der Waals surface area (Å²) in [4.78, 5) is 37.9. The summed E-state index contributed by atoms with van der Waals surface area (Å²) in [6.07, 6.45) is 3.45. The van der Waals surface area contributed by atoms with Crippen molar-refractivity contribution in [2.45, 2.75) is 64.1 Å². The number of nitrogens with one attached hydrogen (secondary N) is 1. The number of carboxylic acid groups (broad SMARTS) is 1. The van der Waals surface area contributed by atoms with Gasteiger partial charge in [0, 0.05) is 36.8 Å². The van der Waals surface area contributed by atoms with Crippen molar-refractivity contribution in [3.8, 4) is 0 Å². The number of aromatic nitrogens is 1. The first kappa shape index (κ1) is 22.6. The lowest BCUT2D eigenvalue weighted by Gasteiger charge is -2.23. The van der Waals surface area contributed by atoms with E-state index in [1.54, 1.807) is 25.7 Å². The van der Waals surface area contributed by atoms with Crippen molar-refractivity contribution in [1.29, 1.82) is 0 Å². The van der Waals surface area contributed by atoms with Crippen LogP contribution in [0.5, 0.6) is 0 Å². The third-order valence-corrected chi connectivity index (χ3v) is 6.94. The van der Waals surface area contributed by atoms with Crippen LogP contribution in [0.3, 0.4) is 0 Å². The first-order valence-electron chi connectivity index (χ1n) is 11.4. The molecule has 2 aliphatic carbocycles. The summed E-state index contributed by atoms with van der Waals surface area (Å²) in [7, 11) is 0. The summed E-state index contributed by atoms with van der Waals surface area (Å²) in [6, 6.07) is 0.696. The minimum Gasteiger partial charge on any atom is -0.477 e. The molecule has 1 spiro atoms. The average Bonchev–Trinajstić information content (AvgIpc) is 3.61. The number of rotatable bonds is 4. The monoisotopic (exact) mass is 475 g/mol. The number of benzene rings is 1. The molecule has 2 atom stereocenters. The molecule has 1 aromatic carbocycles. The fourth-order valence-corrected chi connectivity index (χ4v) is 5.05. The molecule has 182 valence electrons. The van der Waals surface area contributed by atoms with E-state index in [2.05, 4.69) is 5.32 Å². The highest BCUT2D eigenvalue weighted by Gasteiger charge is 2.59. The number of aromatic carboxylic acids is 1. The van der Waals surface area contributed by atoms with Gasteiger partial charge in [0.2, 0.25) is 5.43 Å². The predicted molar refractivity (Wildman–Crippen MR) is 120 cm³/mol. The molecule has 1 aromatic heterocycles. The lowest BCUT2D eigenvalue weighted by Crippen LogP contribution is -2.36. The standard InChI is InChI=1S/C24H27F2N3O5/c1-23(2,3)34-22(33)27-16-9-24(16)6-7-28(11-24)19-15(25)8-13-18(17(19)26)29(12-4-5-12)10-14(20(13)30)21(31)32/h8,10,12,16H,4-7,9,11H2,1-3H3,(H,27,33)(H,31,32). The number of nitrogens with zero attached hydrogens (tertiary/aromatic N) is 2. The number of ether oxygens (including phenoxy) is 1. The Morgan fingerprint density at radius 3 is 2.59 bits per heavy atom. The minimum absolute atomic E-state index is 0.0610. The van der Waals surface area contributed by atoms with E-state index >= 15 is 8.78 Å². The van der Waals surface area contributed by atoms with Gasteiger partial charge < -0.3 is 24.6 Å². The zero-order valence-corrected chi connectivity index (χ0v) is 19.3. The van der Waals surface area contributed by atoms with Crippen LogP contribution in [0.2, 0.25) is 0 Å². The summed E-state index contributed by atoms with van der Waals surface area (Å²) >= 11 is 0. The molecule has 3 fully saturated rings. The van der Waals surface area contributed by atoms with E-state index in [9.17, 15) is 19.5 Å². The summed E-state index contributed by atoms with van der Waals surface area (Å²) in [5.41, 5.74) is -2.58. The van der Waals surface area contributed by atoms with Crippen molar-refractivity contribution >= 4 is 28.7 Å². The van der Waals surface area contributed by atoms with E-state index in [4.69, 9.17) is 4.74 Å². The van der Waals surface area contributed by atoms with Gasteiger partial charge in [-0.05, 0) is 52.5 Å². The predicted octanol–water partition coefficient (Wildman–Crippen LogP) is 3.81. The Morgan fingerprint density at radius 2 is 1.97 bits per heavy atom. The van der Waals surface area contributed by atoms with Gasteiger partial charge in [-0.15, -0.1) is 0 Å². The number of carbonyl (C=O) groups is 2. The van der Waals surface area contributed by atoms with E-state index < -0.39 is 40.3 Å². The van der Waals surface area contributed by atoms with Gasteiger partial charge in [0.25, 0.3) is 0 Å². The smallest absolute Gasteiger partial charge is 0.407 e. The molecule has 1 saturated heterocycles.